The first kappa shape index (κ1) is 26.4. The van der Waals surface area contributed by atoms with E-state index in [0.29, 0.717) is 48.8 Å². The van der Waals surface area contributed by atoms with Crippen molar-refractivity contribution in [2.24, 2.45) is 4.99 Å². The molecular weight excluding hydrogens is 522 g/mol. The molecule has 0 saturated heterocycles. The van der Waals surface area contributed by atoms with Crippen molar-refractivity contribution in [1.29, 1.82) is 0 Å². The standard InChI is InChI=1S/C29H30ClN3O4S/c1-29(2,3)37-28(36)32-15-14-20-22(17-32)38-27-23(20)24(19-11-7-8-12-21(19)30)31-25(34)26(35)33(27)16-13-18-9-5-4-6-10-18/h4-12,25,34H,13-17H2,1-3H3. The van der Waals surface area contributed by atoms with E-state index >= 15 is 0 Å². The quantitative estimate of drug-likeness (QED) is 0.468. The van der Waals surface area contributed by atoms with Gasteiger partial charge in [0.1, 0.15) is 10.6 Å². The lowest BCUT2D eigenvalue weighted by Gasteiger charge is -2.30. The molecule has 0 radical (unpaired) electrons. The van der Waals surface area contributed by atoms with Crippen molar-refractivity contribution in [1.82, 2.24) is 4.90 Å². The summed E-state index contributed by atoms with van der Waals surface area (Å²) in [4.78, 5) is 35.2. The molecule has 0 saturated carbocycles. The van der Waals surface area contributed by atoms with E-state index in [2.05, 4.69) is 4.99 Å². The van der Waals surface area contributed by atoms with Gasteiger partial charge < -0.3 is 14.7 Å². The lowest BCUT2D eigenvalue weighted by Crippen LogP contribution is -2.39. The summed E-state index contributed by atoms with van der Waals surface area (Å²) in [6.45, 7) is 6.78. The molecule has 1 aromatic heterocycles. The number of carbonyl (C=O) groups is 2. The molecule has 0 bridgehead atoms. The highest BCUT2D eigenvalue weighted by Gasteiger charge is 2.38. The van der Waals surface area contributed by atoms with Gasteiger partial charge in [-0.2, -0.15) is 0 Å². The van der Waals surface area contributed by atoms with Gasteiger partial charge in [-0.05, 0) is 50.8 Å². The molecule has 0 spiro atoms. The van der Waals surface area contributed by atoms with Gasteiger partial charge in [-0.25, -0.2) is 9.79 Å². The first-order valence-electron chi connectivity index (χ1n) is 12.6. The van der Waals surface area contributed by atoms with E-state index in [1.807, 2.05) is 69.3 Å². The summed E-state index contributed by atoms with van der Waals surface area (Å²) in [6, 6.07) is 17.2. The Kier molecular flexibility index (Phi) is 7.31. The molecule has 7 nitrogen and oxygen atoms in total. The highest BCUT2D eigenvalue weighted by Crippen LogP contribution is 2.43. The second-order valence-corrected chi connectivity index (χ2v) is 11.9. The monoisotopic (exact) mass is 551 g/mol. The van der Waals surface area contributed by atoms with Crippen LogP contribution in [-0.2, 0) is 28.9 Å². The smallest absolute Gasteiger partial charge is 0.410 e. The van der Waals surface area contributed by atoms with E-state index < -0.39 is 17.7 Å². The van der Waals surface area contributed by atoms with Crippen molar-refractivity contribution in [3.05, 3.63) is 86.8 Å². The van der Waals surface area contributed by atoms with Crippen molar-refractivity contribution in [2.75, 3.05) is 18.0 Å². The molecule has 3 aromatic rings. The molecule has 1 unspecified atom stereocenters. The van der Waals surface area contributed by atoms with Gasteiger partial charge in [0.25, 0.3) is 5.91 Å². The molecule has 2 aromatic carbocycles. The van der Waals surface area contributed by atoms with E-state index in [4.69, 9.17) is 16.3 Å². The first-order chi connectivity index (χ1) is 18.1. The normalized spacial score (nSPS) is 17.4. The maximum Gasteiger partial charge on any atom is 0.410 e. The van der Waals surface area contributed by atoms with E-state index in [0.717, 1.165) is 26.6 Å². The molecule has 2 aliphatic heterocycles. The number of nitrogens with zero attached hydrogens (tertiary/aromatic N) is 3. The number of aliphatic imine (C=N–C) groups is 1. The number of rotatable bonds is 4. The molecule has 0 aliphatic carbocycles. The third kappa shape index (κ3) is 5.34. The lowest BCUT2D eigenvalue weighted by atomic mass is 9.95. The van der Waals surface area contributed by atoms with Crippen LogP contribution in [0.3, 0.4) is 0 Å². The van der Waals surface area contributed by atoms with Gasteiger partial charge in [0.05, 0.1) is 12.3 Å². The number of hydrogen-bond donors (Lipinski definition) is 1. The number of benzene rings is 2. The predicted octanol–water partition coefficient (Wildman–Crippen LogP) is 5.44. The Labute approximate surface area is 231 Å². The first-order valence-corrected chi connectivity index (χ1v) is 13.8. The van der Waals surface area contributed by atoms with Crippen molar-refractivity contribution in [3.8, 4) is 0 Å². The van der Waals surface area contributed by atoms with Crippen LogP contribution in [0.25, 0.3) is 0 Å². The zero-order valence-electron chi connectivity index (χ0n) is 21.6. The van der Waals surface area contributed by atoms with Crippen LogP contribution in [0.2, 0.25) is 5.02 Å². The summed E-state index contributed by atoms with van der Waals surface area (Å²) < 4.78 is 5.61. The van der Waals surface area contributed by atoms with Crippen molar-refractivity contribution >= 4 is 45.7 Å². The van der Waals surface area contributed by atoms with E-state index in [9.17, 15) is 14.7 Å². The summed E-state index contributed by atoms with van der Waals surface area (Å²) in [7, 11) is 0. The van der Waals surface area contributed by atoms with Gasteiger partial charge >= 0.3 is 6.09 Å². The third-order valence-corrected chi connectivity index (χ3v) is 8.08. The number of amides is 2. The van der Waals surface area contributed by atoms with Gasteiger partial charge in [-0.3, -0.25) is 9.69 Å². The fourth-order valence-corrected chi connectivity index (χ4v) is 6.36. The topological polar surface area (TPSA) is 82.4 Å². The van der Waals surface area contributed by atoms with Crippen LogP contribution in [0.15, 0.2) is 59.6 Å². The average Bonchev–Trinajstić information content (AvgIpc) is 3.21. The highest BCUT2D eigenvalue weighted by atomic mass is 35.5. The van der Waals surface area contributed by atoms with Crippen LogP contribution in [0.1, 0.15) is 47.9 Å². The van der Waals surface area contributed by atoms with Crippen molar-refractivity contribution in [2.45, 2.75) is 52.0 Å². The van der Waals surface area contributed by atoms with Crippen LogP contribution in [0.4, 0.5) is 9.80 Å². The summed E-state index contributed by atoms with van der Waals surface area (Å²) >= 11 is 8.05. The lowest BCUT2D eigenvalue weighted by molar-refractivity contribution is -0.126. The fraction of sp³-hybridized carbons (Fsp3) is 0.345. The Bertz CT molecular complexity index is 1400. The van der Waals surface area contributed by atoms with Crippen molar-refractivity contribution in [3.63, 3.8) is 0 Å². The number of ether oxygens (including phenoxy) is 1. The average molecular weight is 552 g/mol. The van der Waals surface area contributed by atoms with Crippen LogP contribution < -0.4 is 4.90 Å². The summed E-state index contributed by atoms with van der Waals surface area (Å²) in [6.07, 6.45) is -0.721. The second kappa shape index (κ2) is 10.5. The Morgan fingerprint density at radius 2 is 1.87 bits per heavy atom. The number of aliphatic hydroxyl groups is 1. The summed E-state index contributed by atoms with van der Waals surface area (Å²) in [5.74, 6) is -0.480. The number of anilines is 1. The molecule has 3 heterocycles. The molecule has 1 N–H and O–H groups in total. The number of hydrogen-bond acceptors (Lipinski definition) is 6. The number of thiophene rings is 1. The van der Waals surface area contributed by atoms with Crippen LogP contribution in [0, 0.1) is 0 Å². The maximum atomic E-state index is 13.5. The molecule has 0 fully saturated rings. The number of carbonyl (C=O) groups excluding carboxylic acids is 2. The predicted molar refractivity (Wildman–Crippen MR) is 150 cm³/mol. The van der Waals surface area contributed by atoms with Crippen molar-refractivity contribution < 1.29 is 19.4 Å². The number of aliphatic hydroxyl groups excluding tert-OH is 1. The van der Waals surface area contributed by atoms with Crippen LogP contribution in [0.5, 0.6) is 0 Å². The minimum atomic E-state index is -1.55. The Hall–Kier alpha value is -3.20. The molecule has 9 heteroatoms. The summed E-state index contributed by atoms with van der Waals surface area (Å²) in [5, 5.41) is 12.1. The minimum Gasteiger partial charge on any atom is -0.444 e. The molecule has 198 valence electrons. The Balaban J connectivity index is 1.58. The SMILES string of the molecule is CC(C)(C)OC(=O)N1CCc2c(sc3c2C(c2ccccc2Cl)=NC(O)C(=O)N3CCc2ccccc2)C1. The molecular formula is C29H30ClN3O4S. The molecule has 5 rings (SSSR count). The van der Waals surface area contributed by atoms with Gasteiger partial charge in [0, 0.05) is 34.1 Å². The maximum absolute atomic E-state index is 13.5. The van der Waals surface area contributed by atoms with Gasteiger partial charge in [0.15, 0.2) is 0 Å². The molecule has 2 amide bonds. The van der Waals surface area contributed by atoms with Gasteiger partial charge in [0.2, 0.25) is 6.23 Å². The van der Waals surface area contributed by atoms with Gasteiger partial charge in [-0.15, -0.1) is 11.3 Å². The van der Waals surface area contributed by atoms with E-state index in [1.54, 1.807) is 15.9 Å². The van der Waals surface area contributed by atoms with E-state index in [-0.39, 0.29) is 6.09 Å². The summed E-state index contributed by atoms with van der Waals surface area (Å²) in [5.41, 5.74) is 3.48. The van der Waals surface area contributed by atoms with Crippen LogP contribution >= 0.6 is 22.9 Å². The third-order valence-electron chi connectivity index (χ3n) is 6.51. The van der Waals surface area contributed by atoms with Crippen LogP contribution in [-0.4, -0.2) is 52.6 Å². The number of fused-ring (bicyclic) bond motifs is 3. The highest BCUT2D eigenvalue weighted by molar-refractivity contribution is 7.17. The fourth-order valence-electron chi connectivity index (χ4n) is 4.74. The number of halogens is 1. The molecule has 2 aliphatic rings. The zero-order chi connectivity index (χ0) is 27.0. The molecule has 38 heavy (non-hydrogen) atoms. The Morgan fingerprint density at radius 3 is 2.58 bits per heavy atom. The minimum absolute atomic E-state index is 0.362. The molecule has 1 atom stereocenters. The zero-order valence-corrected chi connectivity index (χ0v) is 23.2. The largest absolute Gasteiger partial charge is 0.444 e. The van der Waals surface area contributed by atoms with Gasteiger partial charge in [-0.1, -0.05) is 60.1 Å². The second-order valence-electron chi connectivity index (χ2n) is 10.4. The van der Waals surface area contributed by atoms with E-state index in [1.165, 1.54) is 11.3 Å². The Morgan fingerprint density at radius 1 is 1.16 bits per heavy atom.